The van der Waals surface area contributed by atoms with Crippen LogP contribution in [0.4, 0.5) is 0 Å². The van der Waals surface area contributed by atoms with Crippen molar-refractivity contribution < 1.29 is 4.74 Å². The third kappa shape index (κ3) is 3.03. The highest BCUT2D eigenvalue weighted by Crippen LogP contribution is 2.26. The van der Waals surface area contributed by atoms with Crippen LogP contribution < -0.4 is 4.74 Å². The molecule has 0 radical (unpaired) electrons. The molecule has 0 fully saturated rings. The number of ether oxygens (including phenoxy) is 1. The van der Waals surface area contributed by atoms with E-state index < -0.39 is 0 Å². The van der Waals surface area contributed by atoms with Crippen molar-refractivity contribution in [3.63, 3.8) is 0 Å². The average Bonchev–Trinajstić information content (AvgIpc) is 2.51. The fourth-order valence-electron chi connectivity index (χ4n) is 2.00. The Morgan fingerprint density at radius 1 is 0.550 bits per heavy atom. The van der Waals surface area contributed by atoms with Crippen LogP contribution in [0.25, 0.3) is 11.1 Å². The lowest BCUT2D eigenvalue weighted by molar-refractivity contribution is 0.482. The Bertz CT molecular complexity index is 673. The highest BCUT2D eigenvalue weighted by atomic mass is 32.1. The maximum absolute atomic E-state index is 5.79. The smallest absolute Gasteiger partial charge is 0.127 e. The Labute approximate surface area is 124 Å². The van der Waals surface area contributed by atoms with E-state index in [9.17, 15) is 0 Å². The number of hydrogen-bond donors (Lipinski definition) is 1. The van der Waals surface area contributed by atoms with Crippen molar-refractivity contribution >= 4 is 12.6 Å². The van der Waals surface area contributed by atoms with Gasteiger partial charge in [-0.2, -0.15) is 0 Å². The fourth-order valence-corrected chi connectivity index (χ4v) is 2.15. The highest BCUT2D eigenvalue weighted by molar-refractivity contribution is 7.80. The molecule has 98 valence electrons. The SMILES string of the molecule is Sc1ccc(Oc2ccc(-c3ccccc3)cc2)cc1. The number of thiol groups is 1. The van der Waals surface area contributed by atoms with Crippen LogP contribution in [0.2, 0.25) is 0 Å². The van der Waals surface area contributed by atoms with E-state index in [0.29, 0.717) is 0 Å². The molecule has 0 aromatic heterocycles. The van der Waals surface area contributed by atoms with Gasteiger partial charge in [-0.05, 0) is 47.5 Å². The number of hydrogen-bond acceptors (Lipinski definition) is 2. The van der Waals surface area contributed by atoms with Crippen LogP contribution in [0, 0.1) is 0 Å². The summed E-state index contributed by atoms with van der Waals surface area (Å²) < 4.78 is 5.79. The normalized spacial score (nSPS) is 10.2. The molecule has 0 aliphatic heterocycles. The monoisotopic (exact) mass is 278 g/mol. The molecule has 0 saturated carbocycles. The van der Waals surface area contributed by atoms with E-state index in [1.807, 2.05) is 54.6 Å². The lowest BCUT2D eigenvalue weighted by atomic mass is 10.1. The minimum atomic E-state index is 0.815. The van der Waals surface area contributed by atoms with E-state index in [-0.39, 0.29) is 0 Å². The van der Waals surface area contributed by atoms with E-state index in [4.69, 9.17) is 4.74 Å². The molecule has 3 rings (SSSR count). The lowest BCUT2D eigenvalue weighted by Gasteiger charge is -2.07. The molecule has 0 heterocycles. The summed E-state index contributed by atoms with van der Waals surface area (Å²) in [6.45, 7) is 0. The van der Waals surface area contributed by atoms with Crippen molar-refractivity contribution in [2.45, 2.75) is 4.90 Å². The maximum Gasteiger partial charge on any atom is 0.127 e. The molecule has 1 nitrogen and oxygen atoms in total. The van der Waals surface area contributed by atoms with Gasteiger partial charge < -0.3 is 4.74 Å². The largest absolute Gasteiger partial charge is 0.457 e. The third-order valence-electron chi connectivity index (χ3n) is 3.03. The van der Waals surface area contributed by atoms with Crippen molar-refractivity contribution in [3.05, 3.63) is 78.9 Å². The van der Waals surface area contributed by atoms with Gasteiger partial charge in [-0.3, -0.25) is 0 Å². The Kier molecular flexibility index (Phi) is 3.75. The highest BCUT2D eigenvalue weighted by Gasteiger charge is 1.99. The van der Waals surface area contributed by atoms with Crippen molar-refractivity contribution in [3.8, 4) is 22.6 Å². The summed E-state index contributed by atoms with van der Waals surface area (Å²) in [6, 6.07) is 26.0. The first-order valence-corrected chi connectivity index (χ1v) is 6.88. The summed E-state index contributed by atoms with van der Waals surface area (Å²) in [4.78, 5) is 0.928. The molecule has 0 aliphatic carbocycles. The van der Waals surface area contributed by atoms with E-state index >= 15 is 0 Å². The Hall–Kier alpha value is -2.19. The predicted molar refractivity (Wildman–Crippen MR) is 85.6 cm³/mol. The number of rotatable bonds is 3. The molecule has 3 aromatic rings. The van der Waals surface area contributed by atoms with Crippen molar-refractivity contribution in [2.75, 3.05) is 0 Å². The van der Waals surface area contributed by atoms with Gasteiger partial charge in [0.2, 0.25) is 0 Å². The minimum absolute atomic E-state index is 0.815. The van der Waals surface area contributed by atoms with Gasteiger partial charge in [0.15, 0.2) is 0 Å². The number of benzene rings is 3. The van der Waals surface area contributed by atoms with E-state index in [1.165, 1.54) is 11.1 Å². The minimum Gasteiger partial charge on any atom is -0.457 e. The van der Waals surface area contributed by atoms with Crippen LogP contribution >= 0.6 is 12.6 Å². The Morgan fingerprint density at radius 2 is 1.05 bits per heavy atom. The Morgan fingerprint density at radius 3 is 1.65 bits per heavy atom. The molecule has 0 spiro atoms. The average molecular weight is 278 g/mol. The first-order chi connectivity index (χ1) is 9.81. The molecule has 2 heteroatoms. The molecule has 0 N–H and O–H groups in total. The second-order valence-electron chi connectivity index (χ2n) is 4.49. The molecule has 20 heavy (non-hydrogen) atoms. The summed E-state index contributed by atoms with van der Waals surface area (Å²) in [5.74, 6) is 1.65. The zero-order chi connectivity index (χ0) is 13.8. The summed E-state index contributed by atoms with van der Waals surface area (Å²) in [6.07, 6.45) is 0. The topological polar surface area (TPSA) is 9.23 Å². The van der Waals surface area contributed by atoms with Gasteiger partial charge in [0.1, 0.15) is 11.5 Å². The van der Waals surface area contributed by atoms with Gasteiger partial charge in [-0.1, -0.05) is 42.5 Å². The zero-order valence-corrected chi connectivity index (χ0v) is 11.8. The third-order valence-corrected chi connectivity index (χ3v) is 3.33. The van der Waals surface area contributed by atoms with Gasteiger partial charge in [0.05, 0.1) is 0 Å². The molecule has 0 amide bonds. The van der Waals surface area contributed by atoms with E-state index in [0.717, 1.165) is 16.4 Å². The quantitative estimate of drug-likeness (QED) is 0.628. The standard InChI is InChI=1S/C18H14OS/c20-18-12-10-17(11-13-18)19-16-8-6-15(7-9-16)14-4-2-1-3-5-14/h1-13,20H. The lowest BCUT2D eigenvalue weighted by Crippen LogP contribution is -1.84. The first-order valence-electron chi connectivity index (χ1n) is 6.44. The predicted octanol–water partition coefficient (Wildman–Crippen LogP) is 5.43. The van der Waals surface area contributed by atoms with Crippen LogP contribution in [-0.4, -0.2) is 0 Å². The molecule has 0 aliphatic rings. The van der Waals surface area contributed by atoms with Gasteiger partial charge in [0.25, 0.3) is 0 Å². The van der Waals surface area contributed by atoms with Crippen molar-refractivity contribution in [1.82, 2.24) is 0 Å². The first kappa shape index (κ1) is 12.8. The maximum atomic E-state index is 5.79. The van der Waals surface area contributed by atoms with Crippen LogP contribution in [0.5, 0.6) is 11.5 Å². The molecule has 0 unspecified atom stereocenters. The van der Waals surface area contributed by atoms with Crippen LogP contribution in [0.1, 0.15) is 0 Å². The van der Waals surface area contributed by atoms with Crippen molar-refractivity contribution in [1.29, 1.82) is 0 Å². The summed E-state index contributed by atoms with van der Waals surface area (Å²) in [5, 5.41) is 0. The Balaban J connectivity index is 1.78. The summed E-state index contributed by atoms with van der Waals surface area (Å²) >= 11 is 4.26. The molecule has 0 bridgehead atoms. The molecular formula is C18H14OS. The van der Waals surface area contributed by atoms with Gasteiger partial charge >= 0.3 is 0 Å². The van der Waals surface area contributed by atoms with Crippen LogP contribution in [0.3, 0.4) is 0 Å². The summed E-state index contributed by atoms with van der Waals surface area (Å²) in [7, 11) is 0. The van der Waals surface area contributed by atoms with Gasteiger partial charge in [-0.25, -0.2) is 0 Å². The van der Waals surface area contributed by atoms with E-state index in [2.05, 4.69) is 36.9 Å². The second-order valence-corrected chi connectivity index (χ2v) is 5.00. The van der Waals surface area contributed by atoms with E-state index in [1.54, 1.807) is 0 Å². The van der Waals surface area contributed by atoms with Gasteiger partial charge in [-0.15, -0.1) is 12.6 Å². The van der Waals surface area contributed by atoms with Gasteiger partial charge in [0, 0.05) is 4.90 Å². The zero-order valence-electron chi connectivity index (χ0n) is 10.9. The summed E-state index contributed by atoms with van der Waals surface area (Å²) in [5.41, 5.74) is 2.39. The van der Waals surface area contributed by atoms with Crippen LogP contribution in [-0.2, 0) is 0 Å². The van der Waals surface area contributed by atoms with Crippen molar-refractivity contribution in [2.24, 2.45) is 0 Å². The molecule has 0 atom stereocenters. The molecule has 3 aromatic carbocycles. The second kappa shape index (κ2) is 5.85. The molecule has 0 saturated heterocycles. The molecular weight excluding hydrogens is 264 g/mol. The fraction of sp³-hybridized carbons (Fsp3) is 0. The van der Waals surface area contributed by atoms with Crippen LogP contribution in [0.15, 0.2) is 83.8 Å².